The number of carbonyl (C=O) groups excluding carboxylic acids is 3. The van der Waals surface area contributed by atoms with Gasteiger partial charge in [-0.2, -0.15) is 0 Å². The second-order valence-corrected chi connectivity index (χ2v) is 18.0. The molecule has 12 heteroatoms. The largest absolute Gasteiger partial charge is 0.378 e. The highest BCUT2D eigenvalue weighted by Gasteiger charge is 2.34. The molecule has 0 N–H and O–H groups in total. The Kier molecular flexibility index (Phi) is 8.45. The molecule has 0 aliphatic carbocycles. The summed E-state index contributed by atoms with van der Waals surface area (Å²) in [6.45, 7) is 11.3. The van der Waals surface area contributed by atoms with Gasteiger partial charge in [0.25, 0.3) is 5.91 Å². The van der Waals surface area contributed by atoms with Crippen molar-refractivity contribution in [3.63, 3.8) is 0 Å². The topological polar surface area (TPSA) is 120 Å². The third-order valence-corrected chi connectivity index (χ3v) is 9.54. The van der Waals surface area contributed by atoms with E-state index in [0.717, 1.165) is 6.04 Å². The fourth-order valence-corrected chi connectivity index (χ4v) is 6.20. The van der Waals surface area contributed by atoms with E-state index in [9.17, 15) is 14.4 Å². The number of hydrogen-bond acceptors (Lipinski definition) is 8. The van der Waals surface area contributed by atoms with Gasteiger partial charge in [0.2, 0.25) is 11.7 Å². The molecule has 11 nitrogen and oxygen atoms in total. The van der Waals surface area contributed by atoms with E-state index in [2.05, 4.69) is 24.6 Å². The Morgan fingerprint density at radius 2 is 1.82 bits per heavy atom. The molecule has 2 amide bonds. The molecule has 0 unspecified atom stereocenters. The molecule has 0 spiro atoms. The maximum absolute atomic E-state index is 13.4. The smallest absolute Gasteiger partial charge is 0.254 e. The lowest BCUT2D eigenvalue weighted by Gasteiger charge is -2.27. The molecule has 1 saturated heterocycles. The lowest BCUT2D eigenvalue weighted by molar-refractivity contribution is -0.116. The molecule has 2 aliphatic heterocycles. The number of aromatic nitrogens is 4. The Hall–Kier alpha value is -4.52. The minimum absolute atomic E-state index is 0.0851. The van der Waals surface area contributed by atoms with E-state index in [0.29, 0.717) is 77.7 Å². The number of para-hydroxylation sites is 1. The maximum Gasteiger partial charge on any atom is 0.254 e. The van der Waals surface area contributed by atoms with Gasteiger partial charge in [0.15, 0.2) is 5.82 Å². The number of morpholine rings is 1. The lowest BCUT2D eigenvalue weighted by Crippen LogP contribution is -2.40. The summed E-state index contributed by atoms with van der Waals surface area (Å²) in [6.07, 6.45) is 3.24. The van der Waals surface area contributed by atoms with Gasteiger partial charge < -0.3 is 14.4 Å². The number of ketones is 1. The number of pyridine rings is 1. The summed E-state index contributed by atoms with van der Waals surface area (Å²) in [4.78, 5) is 52.1. The summed E-state index contributed by atoms with van der Waals surface area (Å²) >= 11 is 0. The molecule has 1 fully saturated rings. The van der Waals surface area contributed by atoms with Gasteiger partial charge in [-0.1, -0.05) is 31.8 Å². The standard InChI is InChI=1S/C33H36N6O5Si/c1-22(40)39-29-8-6-5-7-25(29)31(41)30(39)19-24-18-27(32-34-20-38(36-32)21-44-15-16-45(2,3)4)26-17-23(9-10-28(26)35-24)33(42)37-11-13-43-14-12-37/h5-10,17-20H,11-16,21H2,1-4H3. The van der Waals surface area contributed by atoms with Crippen molar-refractivity contribution >= 4 is 48.3 Å². The van der Waals surface area contributed by atoms with Crippen LogP contribution >= 0.6 is 0 Å². The third kappa shape index (κ3) is 6.48. The van der Waals surface area contributed by atoms with E-state index in [1.807, 2.05) is 6.07 Å². The summed E-state index contributed by atoms with van der Waals surface area (Å²) < 4.78 is 12.9. The second-order valence-electron chi connectivity index (χ2n) is 12.4. The zero-order valence-corrected chi connectivity index (χ0v) is 26.9. The average Bonchev–Trinajstić information content (AvgIpc) is 3.61. The van der Waals surface area contributed by atoms with Gasteiger partial charge in [-0.3, -0.25) is 19.3 Å². The molecule has 0 atom stereocenters. The van der Waals surface area contributed by atoms with Crippen molar-refractivity contribution in [3.05, 3.63) is 77.4 Å². The molecule has 2 aromatic heterocycles. The van der Waals surface area contributed by atoms with E-state index >= 15 is 0 Å². The first-order valence-electron chi connectivity index (χ1n) is 15.0. The first-order chi connectivity index (χ1) is 21.6. The first-order valence-corrected chi connectivity index (χ1v) is 18.8. The van der Waals surface area contributed by atoms with Crippen LogP contribution in [0, 0.1) is 0 Å². The highest BCUT2D eigenvalue weighted by molar-refractivity contribution is 6.76. The molecular weight excluding hydrogens is 588 g/mol. The van der Waals surface area contributed by atoms with Crippen molar-refractivity contribution in [2.75, 3.05) is 37.8 Å². The van der Waals surface area contributed by atoms with Crippen LogP contribution in [-0.2, 0) is 21.0 Å². The minimum atomic E-state index is -1.23. The zero-order valence-electron chi connectivity index (χ0n) is 25.9. The summed E-state index contributed by atoms with van der Waals surface area (Å²) in [6, 6.07) is 15.2. The molecular formula is C33H36N6O5Si. The van der Waals surface area contributed by atoms with Crippen LogP contribution in [0.5, 0.6) is 0 Å². The van der Waals surface area contributed by atoms with Gasteiger partial charge in [-0.05, 0) is 48.5 Å². The van der Waals surface area contributed by atoms with Crippen molar-refractivity contribution in [3.8, 4) is 11.4 Å². The van der Waals surface area contributed by atoms with Crippen LogP contribution in [0.1, 0.15) is 33.3 Å². The van der Waals surface area contributed by atoms with Crippen molar-refractivity contribution < 1.29 is 23.9 Å². The Balaban J connectivity index is 1.40. The van der Waals surface area contributed by atoms with Crippen molar-refractivity contribution in [2.24, 2.45) is 0 Å². The number of anilines is 1. The first kappa shape index (κ1) is 30.5. The van der Waals surface area contributed by atoms with Crippen molar-refractivity contribution in [1.29, 1.82) is 0 Å². The number of ether oxygens (including phenoxy) is 2. The number of carbonyl (C=O) groups is 3. The Morgan fingerprint density at radius 1 is 1.04 bits per heavy atom. The zero-order chi connectivity index (χ0) is 31.7. The number of rotatable bonds is 8. The predicted molar refractivity (Wildman–Crippen MR) is 173 cm³/mol. The summed E-state index contributed by atoms with van der Waals surface area (Å²) in [5.74, 6) is -0.190. The van der Waals surface area contributed by atoms with Crippen molar-refractivity contribution in [1.82, 2.24) is 24.6 Å². The van der Waals surface area contributed by atoms with Crippen molar-refractivity contribution in [2.45, 2.75) is 39.3 Å². The number of hydrogen-bond donors (Lipinski definition) is 0. The van der Waals surface area contributed by atoms with Crippen LogP contribution < -0.4 is 4.90 Å². The van der Waals surface area contributed by atoms with Crippen LogP contribution in [0.2, 0.25) is 25.7 Å². The molecule has 6 rings (SSSR count). The number of allylic oxidation sites excluding steroid dienone is 1. The van der Waals surface area contributed by atoms with E-state index in [1.54, 1.807) is 64.4 Å². The highest BCUT2D eigenvalue weighted by atomic mass is 28.3. The fourth-order valence-electron chi connectivity index (χ4n) is 5.44. The second kappa shape index (κ2) is 12.5. The Bertz CT molecular complexity index is 1820. The Labute approximate surface area is 262 Å². The summed E-state index contributed by atoms with van der Waals surface area (Å²) in [5, 5.41) is 5.39. The summed E-state index contributed by atoms with van der Waals surface area (Å²) in [5.41, 5.74) is 3.44. The molecule has 4 aromatic rings. The molecule has 0 radical (unpaired) electrons. The van der Waals surface area contributed by atoms with Crippen LogP contribution in [0.3, 0.4) is 0 Å². The van der Waals surface area contributed by atoms with E-state index in [4.69, 9.17) is 19.6 Å². The molecule has 0 bridgehead atoms. The molecule has 0 saturated carbocycles. The normalized spacial score (nSPS) is 16.1. The third-order valence-electron chi connectivity index (χ3n) is 7.83. The number of nitrogens with zero attached hydrogens (tertiary/aromatic N) is 6. The number of benzene rings is 2. The number of fused-ring (bicyclic) bond motifs is 2. The quantitative estimate of drug-likeness (QED) is 0.155. The monoisotopic (exact) mass is 624 g/mol. The van der Waals surface area contributed by atoms with Gasteiger partial charge in [0.05, 0.1) is 35.8 Å². The van der Waals surface area contributed by atoms with Crippen LogP contribution in [0.15, 0.2) is 60.6 Å². The molecule has 2 aromatic carbocycles. The predicted octanol–water partition coefficient (Wildman–Crippen LogP) is 4.87. The van der Waals surface area contributed by atoms with Crippen LogP contribution in [0.25, 0.3) is 28.4 Å². The van der Waals surface area contributed by atoms with E-state index in [1.165, 1.54) is 11.8 Å². The van der Waals surface area contributed by atoms with Gasteiger partial charge in [-0.25, -0.2) is 14.6 Å². The van der Waals surface area contributed by atoms with E-state index < -0.39 is 8.07 Å². The SMILES string of the molecule is CC(=O)N1C(=Cc2cc(-c3ncn(COCC[Si](C)(C)C)n3)c3cc(C(=O)N4CCOCC4)ccc3n2)C(=O)c2ccccc21. The maximum atomic E-state index is 13.4. The van der Waals surface area contributed by atoms with Crippen LogP contribution in [-0.4, -0.2) is 83.2 Å². The molecule has 232 valence electrons. The number of Topliss-reactive ketones (excluding diaryl/α,β-unsaturated/α-hetero) is 1. The molecule has 4 heterocycles. The van der Waals surface area contributed by atoms with Gasteiger partial charge in [-0.15, -0.1) is 5.10 Å². The highest BCUT2D eigenvalue weighted by Crippen LogP contribution is 2.36. The average molecular weight is 625 g/mol. The minimum Gasteiger partial charge on any atom is -0.378 e. The molecule has 2 aliphatic rings. The van der Waals surface area contributed by atoms with E-state index in [-0.39, 0.29) is 30.0 Å². The lowest BCUT2D eigenvalue weighted by atomic mass is 10.0. The van der Waals surface area contributed by atoms with Gasteiger partial charge >= 0.3 is 0 Å². The fraction of sp³-hybridized carbons (Fsp3) is 0.333. The summed E-state index contributed by atoms with van der Waals surface area (Å²) in [7, 11) is -1.23. The Morgan fingerprint density at radius 3 is 2.58 bits per heavy atom. The molecule has 45 heavy (non-hydrogen) atoms. The van der Waals surface area contributed by atoms with Gasteiger partial charge in [0.1, 0.15) is 13.1 Å². The van der Waals surface area contributed by atoms with Crippen LogP contribution in [0.4, 0.5) is 5.69 Å². The van der Waals surface area contributed by atoms with Gasteiger partial charge in [0, 0.05) is 56.8 Å². The number of amides is 2.